The molecule has 206 valence electrons. The van der Waals surface area contributed by atoms with Crippen LogP contribution in [0.5, 0.6) is 0 Å². The number of H-pyrrole nitrogens is 1. The number of amides is 1. The molecule has 1 aromatic carbocycles. The zero-order valence-electron chi connectivity index (χ0n) is 23.1. The van der Waals surface area contributed by atoms with Crippen molar-refractivity contribution in [2.45, 2.75) is 77.2 Å². The Bertz CT molecular complexity index is 1410. The highest BCUT2D eigenvalue weighted by Gasteiger charge is 2.78. The number of carbonyl (C=O) groups is 3. The molecule has 2 aromatic rings. The fourth-order valence-corrected chi connectivity index (χ4v) is 7.94. The van der Waals surface area contributed by atoms with E-state index >= 15 is 0 Å². The molecule has 2 saturated heterocycles. The number of aromatic nitrogens is 1. The molecule has 7 heteroatoms. The highest BCUT2D eigenvalue weighted by atomic mass is 16.6. The van der Waals surface area contributed by atoms with Crippen LogP contribution in [-0.4, -0.2) is 51.4 Å². The quantitative estimate of drug-likeness (QED) is 0.308. The Morgan fingerprint density at radius 2 is 1.90 bits per heavy atom. The number of aliphatic hydroxyl groups is 1. The minimum Gasteiger partial charge on any atom is -0.381 e. The number of fused-ring (bicyclic) bond motifs is 3. The van der Waals surface area contributed by atoms with Crippen molar-refractivity contribution in [3.05, 3.63) is 59.8 Å². The minimum atomic E-state index is -1.32. The van der Waals surface area contributed by atoms with E-state index in [1.807, 2.05) is 43.5 Å². The van der Waals surface area contributed by atoms with Crippen LogP contribution in [0.3, 0.4) is 0 Å². The maximum absolute atomic E-state index is 14.3. The standard InChI is InChI=1S/C32H38N2O5/c1-17-8-7-10-22-29-31(4,39-29)19(3)27-24(15-20-16-33-23-11-6-5-9-21(20)23)34-30(38)32(22,27)26(36)13-12-25(35)28(37)18(2)14-17/h5-7,9-11,14,16-17,19,22,24,27-29,33,37H,8,12-13,15H2,1-4H3,(H,34,38)/b10-7-,18-14-/t17-,19-,22-,24?,27-,28+,29-,31+,32-/m0/s1. The number of hydrogen-bond donors (Lipinski definition) is 3. The number of aliphatic hydroxyl groups excluding tert-OH is 1. The molecule has 2 aliphatic carbocycles. The summed E-state index contributed by atoms with van der Waals surface area (Å²) < 4.78 is 6.35. The van der Waals surface area contributed by atoms with E-state index in [1.165, 1.54) is 0 Å². The molecule has 0 radical (unpaired) electrons. The molecule has 3 fully saturated rings. The van der Waals surface area contributed by atoms with Gasteiger partial charge in [-0.25, -0.2) is 0 Å². The second kappa shape index (κ2) is 9.27. The van der Waals surface area contributed by atoms with Crippen molar-refractivity contribution >= 4 is 28.4 Å². The van der Waals surface area contributed by atoms with Crippen LogP contribution >= 0.6 is 0 Å². The van der Waals surface area contributed by atoms with Crippen molar-refractivity contribution in [1.29, 1.82) is 0 Å². The van der Waals surface area contributed by atoms with Crippen LogP contribution in [-0.2, 0) is 25.5 Å². The van der Waals surface area contributed by atoms with Gasteiger partial charge in [-0.1, -0.05) is 50.3 Å². The predicted molar refractivity (Wildman–Crippen MR) is 148 cm³/mol. The van der Waals surface area contributed by atoms with Gasteiger partial charge < -0.3 is 20.1 Å². The summed E-state index contributed by atoms with van der Waals surface area (Å²) in [4.78, 5) is 44.7. The van der Waals surface area contributed by atoms with Crippen molar-refractivity contribution in [2.75, 3.05) is 0 Å². The molecule has 6 rings (SSSR count). The van der Waals surface area contributed by atoms with Crippen LogP contribution in [0.25, 0.3) is 10.9 Å². The molecule has 39 heavy (non-hydrogen) atoms. The van der Waals surface area contributed by atoms with Gasteiger partial charge in [-0.3, -0.25) is 14.4 Å². The largest absolute Gasteiger partial charge is 0.381 e. The number of epoxide rings is 1. The first-order valence-electron chi connectivity index (χ1n) is 14.2. The van der Waals surface area contributed by atoms with Crippen LogP contribution in [0.4, 0.5) is 0 Å². The van der Waals surface area contributed by atoms with Crippen LogP contribution < -0.4 is 5.32 Å². The lowest BCUT2D eigenvalue weighted by Gasteiger charge is -2.46. The first-order valence-corrected chi connectivity index (χ1v) is 14.2. The highest BCUT2D eigenvalue weighted by molar-refractivity contribution is 6.10. The number of hydrogen-bond acceptors (Lipinski definition) is 5. The zero-order valence-corrected chi connectivity index (χ0v) is 23.1. The van der Waals surface area contributed by atoms with Gasteiger partial charge in [0.05, 0.1) is 11.7 Å². The number of benzene rings is 1. The van der Waals surface area contributed by atoms with Crippen molar-refractivity contribution < 1.29 is 24.2 Å². The summed E-state index contributed by atoms with van der Waals surface area (Å²) in [5, 5.41) is 15.0. The van der Waals surface area contributed by atoms with Crippen molar-refractivity contribution in [3.8, 4) is 0 Å². The molecule has 1 unspecified atom stereocenters. The van der Waals surface area contributed by atoms with Gasteiger partial charge >= 0.3 is 0 Å². The summed E-state index contributed by atoms with van der Waals surface area (Å²) >= 11 is 0. The van der Waals surface area contributed by atoms with E-state index in [2.05, 4.69) is 36.3 Å². The van der Waals surface area contributed by atoms with E-state index < -0.39 is 23.0 Å². The third-order valence-electron chi connectivity index (χ3n) is 10.1. The topological polar surface area (TPSA) is 112 Å². The van der Waals surface area contributed by atoms with E-state index in [9.17, 15) is 19.5 Å². The molecule has 3 heterocycles. The van der Waals surface area contributed by atoms with Crippen LogP contribution in [0, 0.1) is 29.1 Å². The van der Waals surface area contributed by atoms with E-state index in [1.54, 1.807) is 6.92 Å². The molecule has 4 aliphatic rings. The Morgan fingerprint density at radius 1 is 1.13 bits per heavy atom. The fourth-order valence-electron chi connectivity index (χ4n) is 7.94. The number of Topliss-reactive ketones (excluding diaryl/α,β-unsaturated/α-hetero) is 2. The molecule has 1 amide bonds. The molecule has 3 N–H and O–H groups in total. The van der Waals surface area contributed by atoms with Crippen LogP contribution in [0.15, 0.2) is 54.3 Å². The Morgan fingerprint density at radius 3 is 2.69 bits per heavy atom. The minimum absolute atomic E-state index is 0.0509. The first-order chi connectivity index (χ1) is 18.6. The Labute approximate surface area is 229 Å². The van der Waals surface area contributed by atoms with Gasteiger partial charge in [0, 0.05) is 47.8 Å². The van der Waals surface area contributed by atoms with Crippen molar-refractivity contribution in [1.82, 2.24) is 10.3 Å². The van der Waals surface area contributed by atoms with E-state index in [4.69, 9.17) is 4.74 Å². The van der Waals surface area contributed by atoms with Crippen LogP contribution in [0.2, 0.25) is 0 Å². The lowest BCUT2D eigenvalue weighted by Crippen LogP contribution is -2.58. The Kier molecular flexibility index (Phi) is 6.23. The van der Waals surface area contributed by atoms with Gasteiger partial charge in [-0.2, -0.15) is 0 Å². The average Bonchev–Trinajstić information content (AvgIpc) is 3.31. The number of para-hydroxylation sites is 1. The fraction of sp³-hybridized carbons (Fsp3) is 0.531. The number of allylic oxidation sites excluding steroid dienone is 2. The third kappa shape index (κ3) is 3.88. The van der Waals surface area contributed by atoms with E-state index in [-0.39, 0.29) is 60.2 Å². The number of ether oxygens (including phenoxy) is 1. The molecule has 7 nitrogen and oxygen atoms in total. The first kappa shape index (κ1) is 26.2. The number of nitrogens with one attached hydrogen (secondary N) is 2. The average molecular weight is 531 g/mol. The molecule has 2 aliphatic heterocycles. The monoisotopic (exact) mass is 530 g/mol. The second-order valence-electron chi connectivity index (χ2n) is 12.4. The van der Waals surface area contributed by atoms with Crippen molar-refractivity contribution in [2.24, 2.45) is 29.1 Å². The summed E-state index contributed by atoms with van der Waals surface area (Å²) in [5.74, 6) is -1.54. The van der Waals surface area contributed by atoms with Gasteiger partial charge in [0.2, 0.25) is 5.91 Å². The van der Waals surface area contributed by atoms with Gasteiger partial charge in [0.15, 0.2) is 5.78 Å². The third-order valence-corrected chi connectivity index (χ3v) is 10.1. The predicted octanol–water partition coefficient (Wildman–Crippen LogP) is 4.06. The summed E-state index contributed by atoms with van der Waals surface area (Å²) in [6.45, 7) is 8.00. The number of ketones is 2. The normalized spacial score (nSPS) is 42.6. The van der Waals surface area contributed by atoms with Gasteiger partial charge in [0.25, 0.3) is 0 Å². The molecule has 1 spiro atoms. The van der Waals surface area contributed by atoms with Gasteiger partial charge in [0.1, 0.15) is 17.3 Å². The maximum atomic E-state index is 14.3. The summed E-state index contributed by atoms with van der Waals surface area (Å²) in [7, 11) is 0. The zero-order chi connectivity index (χ0) is 27.7. The SMILES string of the molecule is C/C1=C/[C@@H](C)C/C=C\[C@H]2[C@@H]3O[C@]3(C)[C@@H](C)[C@H]3C(Cc4c[nH]c5ccccc45)NC(=O)[C@@]32C(=O)CCC(=O)[C@@H]1O. The molecular weight excluding hydrogens is 492 g/mol. The molecular formula is C32H38N2O5. The lowest BCUT2D eigenvalue weighted by molar-refractivity contribution is -0.149. The molecule has 0 bridgehead atoms. The summed E-state index contributed by atoms with van der Waals surface area (Å²) in [5.41, 5.74) is 0.997. The number of aromatic amines is 1. The van der Waals surface area contributed by atoms with Gasteiger partial charge in [-0.15, -0.1) is 0 Å². The number of rotatable bonds is 2. The summed E-state index contributed by atoms with van der Waals surface area (Å²) in [6, 6.07) is 7.84. The Balaban J connectivity index is 1.43. The van der Waals surface area contributed by atoms with E-state index in [0.29, 0.717) is 18.4 Å². The van der Waals surface area contributed by atoms with E-state index in [0.717, 1.165) is 16.5 Å². The van der Waals surface area contributed by atoms with Crippen molar-refractivity contribution in [3.63, 3.8) is 0 Å². The molecule has 1 saturated carbocycles. The second-order valence-corrected chi connectivity index (χ2v) is 12.4. The molecule has 9 atom stereocenters. The Hall–Kier alpha value is -3.03. The summed E-state index contributed by atoms with van der Waals surface area (Å²) in [6.07, 6.45) is 7.62. The lowest BCUT2D eigenvalue weighted by atomic mass is 9.51. The van der Waals surface area contributed by atoms with Gasteiger partial charge in [-0.05, 0) is 55.7 Å². The highest BCUT2D eigenvalue weighted by Crippen LogP contribution is 2.66. The molecule has 1 aromatic heterocycles. The maximum Gasteiger partial charge on any atom is 0.235 e. The van der Waals surface area contributed by atoms with Crippen LogP contribution in [0.1, 0.15) is 52.5 Å². The number of carbonyl (C=O) groups excluding carboxylic acids is 3. The smallest absolute Gasteiger partial charge is 0.235 e.